The molecule has 1 aliphatic rings. The van der Waals surface area contributed by atoms with Gasteiger partial charge in [0.2, 0.25) is 0 Å². The van der Waals surface area contributed by atoms with Crippen LogP contribution in [0.3, 0.4) is 0 Å². The summed E-state index contributed by atoms with van der Waals surface area (Å²) in [5, 5.41) is 3.35. The highest BCUT2D eigenvalue weighted by Crippen LogP contribution is 2.34. The van der Waals surface area contributed by atoms with Gasteiger partial charge in [-0.05, 0) is 50.6 Å². The molecular weight excluding hydrogens is 417 g/mol. The third-order valence-electron chi connectivity index (χ3n) is 5.19. The summed E-state index contributed by atoms with van der Waals surface area (Å²) in [5.74, 6) is -0.900. The number of anilines is 2. The zero-order chi connectivity index (χ0) is 22.1. The van der Waals surface area contributed by atoms with Gasteiger partial charge in [-0.2, -0.15) is 13.2 Å². The zero-order valence-electron chi connectivity index (χ0n) is 17.0. The summed E-state index contributed by atoms with van der Waals surface area (Å²) in [5.41, 5.74) is 0.855. The number of nitrogens with zero attached hydrogens (tertiary/aromatic N) is 2. The van der Waals surface area contributed by atoms with E-state index in [1.165, 1.54) is 24.3 Å². The van der Waals surface area contributed by atoms with Crippen LogP contribution in [0.15, 0.2) is 41.3 Å². The van der Waals surface area contributed by atoms with Crippen molar-refractivity contribution in [2.45, 2.75) is 43.8 Å². The first-order chi connectivity index (χ1) is 14.0. The molecule has 2 heterocycles. The first-order valence-electron chi connectivity index (χ1n) is 9.63. The van der Waals surface area contributed by atoms with Gasteiger partial charge in [-0.3, -0.25) is 4.72 Å². The second-order valence-electron chi connectivity index (χ2n) is 7.54. The Morgan fingerprint density at radius 1 is 1.20 bits per heavy atom. The molecule has 1 aliphatic heterocycles. The molecule has 0 radical (unpaired) electrons. The lowest BCUT2D eigenvalue weighted by molar-refractivity contribution is -0.146. The minimum atomic E-state index is -4.38. The van der Waals surface area contributed by atoms with Gasteiger partial charge in [-0.1, -0.05) is 12.1 Å². The zero-order valence-corrected chi connectivity index (χ0v) is 17.8. The van der Waals surface area contributed by atoms with E-state index < -0.39 is 22.1 Å². The molecule has 0 aliphatic carbocycles. The van der Waals surface area contributed by atoms with Crippen LogP contribution in [-0.2, 0) is 10.0 Å². The third-order valence-corrected chi connectivity index (χ3v) is 6.57. The highest BCUT2D eigenvalue weighted by Gasteiger charge is 2.37. The van der Waals surface area contributed by atoms with Crippen LogP contribution in [0, 0.1) is 6.92 Å². The van der Waals surface area contributed by atoms with Crippen LogP contribution < -0.4 is 14.9 Å². The molecule has 0 amide bonds. The standard InChI is InChI=1S/C20H25F3N4O2S/c1-13-12-27(11-10-24-13)19-9-8-18(15(3)25-19)26-30(28,29)17-6-4-16(5-7-17)14(2)20(21,22)23/h4-9,13-14,24,26H,10-12H2,1-3H3/t13?,14-/m1/s1. The first kappa shape index (κ1) is 22.4. The van der Waals surface area contributed by atoms with Crippen LogP contribution in [0.25, 0.3) is 0 Å². The van der Waals surface area contributed by atoms with Crippen molar-refractivity contribution in [1.82, 2.24) is 10.3 Å². The maximum Gasteiger partial charge on any atom is 0.395 e. The number of rotatable bonds is 5. The molecule has 3 rings (SSSR count). The van der Waals surface area contributed by atoms with E-state index in [2.05, 4.69) is 26.8 Å². The maximum absolute atomic E-state index is 12.8. The SMILES string of the molecule is Cc1nc(N2CCNC(C)C2)ccc1NS(=O)(=O)c1ccc([C@@H](C)C(F)(F)F)cc1. The molecule has 1 aromatic carbocycles. The van der Waals surface area contributed by atoms with Gasteiger partial charge in [0, 0.05) is 25.7 Å². The van der Waals surface area contributed by atoms with E-state index in [-0.39, 0.29) is 10.5 Å². The van der Waals surface area contributed by atoms with Crippen molar-refractivity contribution in [2.75, 3.05) is 29.3 Å². The van der Waals surface area contributed by atoms with Gasteiger partial charge in [0.1, 0.15) is 5.82 Å². The minimum absolute atomic E-state index is 0.00824. The van der Waals surface area contributed by atoms with Gasteiger partial charge in [0.05, 0.1) is 22.2 Å². The molecule has 1 unspecified atom stereocenters. The van der Waals surface area contributed by atoms with Gasteiger partial charge >= 0.3 is 6.18 Å². The molecule has 10 heteroatoms. The lowest BCUT2D eigenvalue weighted by Gasteiger charge is -2.33. The average molecular weight is 443 g/mol. The van der Waals surface area contributed by atoms with E-state index in [4.69, 9.17) is 0 Å². The predicted molar refractivity (Wildman–Crippen MR) is 110 cm³/mol. The number of sulfonamides is 1. The fourth-order valence-corrected chi connectivity index (χ4v) is 4.42. The lowest BCUT2D eigenvalue weighted by atomic mass is 10.0. The number of pyridine rings is 1. The fraction of sp³-hybridized carbons (Fsp3) is 0.450. The molecule has 1 aromatic heterocycles. The fourth-order valence-electron chi connectivity index (χ4n) is 3.30. The van der Waals surface area contributed by atoms with Gasteiger partial charge in [-0.25, -0.2) is 13.4 Å². The Kier molecular flexibility index (Phi) is 6.28. The Labute approximate surface area is 174 Å². The Bertz CT molecular complexity index is 994. The third kappa shape index (κ3) is 5.04. The van der Waals surface area contributed by atoms with E-state index in [1.54, 1.807) is 19.1 Å². The summed E-state index contributed by atoms with van der Waals surface area (Å²) in [4.78, 5) is 6.54. The molecule has 2 aromatic rings. The van der Waals surface area contributed by atoms with Crippen LogP contribution >= 0.6 is 0 Å². The number of halogens is 3. The molecule has 164 valence electrons. The van der Waals surface area contributed by atoms with Crippen molar-refractivity contribution in [2.24, 2.45) is 0 Å². The van der Waals surface area contributed by atoms with Crippen molar-refractivity contribution in [3.8, 4) is 0 Å². The number of nitrogens with one attached hydrogen (secondary N) is 2. The predicted octanol–water partition coefficient (Wildman–Crippen LogP) is 3.65. The largest absolute Gasteiger partial charge is 0.395 e. The van der Waals surface area contributed by atoms with Crippen LogP contribution in [0.5, 0.6) is 0 Å². The van der Waals surface area contributed by atoms with E-state index in [9.17, 15) is 21.6 Å². The smallest absolute Gasteiger partial charge is 0.354 e. The van der Waals surface area contributed by atoms with Crippen LogP contribution in [0.4, 0.5) is 24.7 Å². The monoisotopic (exact) mass is 442 g/mol. The van der Waals surface area contributed by atoms with Gasteiger partial charge in [0.25, 0.3) is 10.0 Å². The summed E-state index contributed by atoms with van der Waals surface area (Å²) in [6.45, 7) is 7.30. The summed E-state index contributed by atoms with van der Waals surface area (Å²) in [6, 6.07) is 8.48. The Hall–Kier alpha value is -2.33. The molecular formula is C20H25F3N4O2S. The van der Waals surface area contributed by atoms with E-state index in [0.29, 0.717) is 17.4 Å². The summed E-state index contributed by atoms with van der Waals surface area (Å²) < 4.78 is 66.4. The van der Waals surface area contributed by atoms with E-state index in [0.717, 1.165) is 32.4 Å². The van der Waals surface area contributed by atoms with Crippen LogP contribution in [0.2, 0.25) is 0 Å². The Morgan fingerprint density at radius 3 is 2.43 bits per heavy atom. The van der Waals surface area contributed by atoms with Crippen molar-refractivity contribution in [1.29, 1.82) is 0 Å². The molecule has 6 nitrogen and oxygen atoms in total. The van der Waals surface area contributed by atoms with Crippen molar-refractivity contribution >= 4 is 21.5 Å². The molecule has 30 heavy (non-hydrogen) atoms. The Morgan fingerprint density at radius 2 is 1.87 bits per heavy atom. The highest BCUT2D eigenvalue weighted by atomic mass is 32.2. The van der Waals surface area contributed by atoms with E-state index >= 15 is 0 Å². The molecule has 0 saturated carbocycles. The summed E-state index contributed by atoms with van der Waals surface area (Å²) in [6.07, 6.45) is -4.38. The maximum atomic E-state index is 12.8. The van der Waals surface area contributed by atoms with Gasteiger partial charge in [0.15, 0.2) is 0 Å². The van der Waals surface area contributed by atoms with Crippen LogP contribution in [-0.4, -0.2) is 45.3 Å². The van der Waals surface area contributed by atoms with Gasteiger partial charge in [-0.15, -0.1) is 0 Å². The molecule has 1 saturated heterocycles. The molecule has 1 fully saturated rings. The number of benzene rings is 1. The second-order valence-corrected chi connectivity index (χ2v) is 9.22. The minimum Gasteiger partial charge on any atom is -0.354 e. The molecule has 2 N–H and O–H groups in total. The number of alkyl halides is 3. The van der Waals surface area contributed by atoms with Crippen LogP contribution in [0.1, 0.15) is 31.0 Å². The topological polar surface area (TPSA) is 74.3 Å². The number of aryl methyl sites for hydroxylation is 1. The van der Waals surface area contributed by atoms with Crippen molar-refractivity contribution in [3.05, 3.63) is 47.7 Å². The average Bonchev–Trinajstić information content (AvgIpc) is 2.68. The molecule has 0 bridgehead atoms. The molecule has 0 spiro atoms. The Balaban J connectivity index is 1.76. The number of hydrogen-bond acceptors (Lipinski definition) is 5. The highest BCUT2D eigenvalue weighted by molar-refractivity contribution is 7.92. The first-order valence-corrected chi connectivity index (χ1v) is 11.1. The molecule has 2 atom stereocenters. The van der Waals surface area contributed by atoms with Crippen molar-refractivity contribution < 1.29 is 21.6 Å². The number of piperazine rings is 1. The summed E-state index contributed by atoms with van der Waals surface area (Å²) >= 11 is 0. The lowest BCUT2D eigenvalue weighted by Crippen LogP contribution is -2.49. The summed E-state index contributed by atoms with van der Waals surface area (Å²) in [7, 11) is -3.96. The normalized spacial score (nSPS) is 18.9. The number of aromatic nitrogens is 1. The second kappa shape index (κ2) is 8.43. The van der Waals surface area contributed by atoms with Crippen molar-refractivity contribution in [3.63, 3.8) is 0 Å². The van der Waals surface area contributed by atoms with E-state index in [1.807, 2.05) is 0 Å². The number of hydrogen-bond donors (Lipinski definition) is 2. The van der Waals surface area contributed by atoms with Gasteiger partial charge < -0.3 is 10.2 Å². The quantitative estimate of drug-likeness (QED) is 0.740.